The summed E-state index contributed by atoms with van der Waals surface area (Å²) in [6.07, 6.45) is 0.938. The third kappa shape index (κ3) is 2.97. The van der Waals surface area contributed by atoms with E-state index in [1.54, 1.807) is 0 Å². The van der Waals surface area contributed by atoms with Crippen LogP contribution in [0.15, 0.2) is 11.6 Å². The lowest BCUT2D eigenvalue weighted by atomic mass is 10.2. The van der Waals surface area contributed by atoms with E-state index in [0.29, 0.717) is 19.0 Å². The molecule has 0 aromatic rings. The van der Waals surface area contributed by atoms with Crippen molar-refractivity contribution in [3.63, 3.8) is 0 Å². The molecular weight excluding hydrogens is 210 g/mol. The van der Waals surface area contributed by atoms with Crippen LogP contribution < -0.4 is 0 Å². The zero-order valence-electron chi connectivity index (χ0n) is 7.66. The number of rotatable bonds is 3. The van der Waals surface area contributed by atoms with E-state index in [4.69, 9.17) is 11.6 Å². The first-order valence-electron chi connectivity index (χ1n) is 4.23. The average molecular weight is 224 g/mol. The number of halogens is 1. The molecule has 1 rings (SSSR count). The van der Waals surface area contributed by atoms with Crippen LogP contribution in [-0.4, -0.2) is 31.6 Å². The normalized spacial score (nSPS) is 24.9. The Labute approximate surface area is 84.4 Å². The van der Waals surface area contributed by atoms with E-state index in [1.165, 1.54) is 4.31 Å². The van der Waals surface area contributed by atoms with Crippen LogP contribution in [0.4, 0.5) is 0 Å². The first-order valence-corrected chi connectivity index (χ1v) is 6.21. The zero-order valence-corrected chi connectivity index (χ0v) is 9.24. The number of hydrogen-bond donors (Lipinski definition) is 0. The Balaban J connectivity index is 2.65. The number of sulfonamides is 1. The van der Waals surface area contributed by atoms with Gasteiger partial charge in [0.1, 0.15) is 0 Å². The lowest BCUT2D eigenvalue weighted by Gasteiger charge is -2.14. The molecule has 1 saturated heterocycles. The smallest absolute Gasteiger partial charge is 0.212 e. The molecule has 76 valence electrons. The van der Waals surface area contributed by atoms with Crippen LogP contribution >= 0.6 is 11.6 Å². The van der Waals surface area contributed by atoms with Gasteiger partial charge in [-0.25, -0.2) is 12.7 Å². The summed E-state index contributed by atoms with van der Waals surface area (Å²) in [7, 11) is -3.19. The van der Waals surface area contributed by atoms with Crippen molar-refractivity contribution in [3.8, 4) is 0 Å². The Morgan fingerprint density at radius 2 is 2.31 bits per heavy atom. The minimum atomic E-state index is -3.19. The molecule has 0 amide bonds. The fourth-order valence-corrected chi connectivity index (χ4v) is 3.29. The first kappa shape index (κ1) is 11.0. The minimum absolute atomic E-state index is 0.138. The topological polar surface area (TPSA) is 37.4 Å². The Morgan fingerprint density at radius 3 is 2.69 bits per heavy atom. The molecule has 0 aliphatic carbocycles. The van der Waals surface area contributed by atoms with Crippen LogP contribution in [-0.2, 0) is 10.0 Å². The maximum Gasteiger partial charge on any atom is 0.219 e. The Morgan fingerprint density at radius 1 is 1.69 bits per heavy atom. The molecule has 1 fully saturated rings. The van der Waals surface area contributed by atoms with Gasteiger partial charge in [-0.15, -0.1) is 0 Å². The highest BCUT2D eigenvalue weighted by Gasteiger charge is 2.29. The predicted molar refractivity (Wildman–Crippen MR) is 54.1 cm³/mol. The van der Waals surface area contributed by atoms with Gasteiger partial charge in [-0.2, -0.15) is 0 Å². The molecular formula is C8H14ClNO2S. The standard InChI is InChI=1S/C8H14ClNO2S/c1-7-3-4-10(5-7)13(11,12)6-8(2)9/h7H,2-6H2,1H3. The molecule has 0 radical (unpaired) electrons. The van der Waals surface area contributed by atoms with Crippen molar-refractivity contribution >= 4 is 21.6 Å². The predicted octanol–water partition coefficient (Wildman–Crippen LogP) is 1.41. The Kier molecular flexibility index (Phi) is 3.38. The summed E-state index contributed by atoms with van der Waals surface area (Å²) in [6.45, 7) is 6.67. The summed E-state index contributed by atoms with van der Waals surface area (Å²) in [5.74, 6) is 0.319. The van der Waals surface area contributed by atoms with Gasteiger partial charge in [-0.3, -0.25) is 0 Å². The van der Waals surface area contributed by atoms with Gasteiger partial charge in [0.25, 0.3) is 0 Å². The molecule has 0 N–H and O–H groups in total. The molecule has 3 nitrogen and oxygen atoms in total. The summed E-state index contributed by atoms with van der Waals surface area (Å²) in [5, 5.41) is 0.180. The molecule has 13 heavy (non-hydrogen) atoms. The van der Waals surface area contributed by atoms with Gasteiger partial charge in [0.2, 0.25) is 10.0 Å². The Bertz CT molecular complexity index is 299. The second-order valence-corrected chi connectivity index (χ2v) is 6.03. The molecule has 1 heterocycles. The van der Waals surface area contributed by atoms with Crippen LogP contribution in [0.2, 0.25) is 0 Å². The number of nitrogens with zero attached hydrogens (tertiary/aromatic N) is 1. The summed E-state index contributed by atoms with van der Waals surface area (Å²) in [6, 6.07) is 0. The monoisotopic (exact) mass is 223 g/mol. The third-order valence-electron chi connectivity index (χ3n) is 2.12. The van der Waals surface area contributed by atoms with Crippen molar-refractivity contribution < 1.29 is 8.42 Å². The van der Waals surface area contributed by atoms with Crippen molar-refractivity contribution in [1.29, 1.82) is 0 Å². The third-order valence-corrected chi connectivity index (χ3v) is 4.24. The maximum atomic E-state index is 11.6. The SMILES string of the molecule is C=C(Cl)CS(=O)(=O)N1CCC(C)C1. The van der Waals surface area contributed by atoms with Gasteiger partial charge in [0, 0.05) is 18.1 Å². The van der Waals surface area contributed by atoms with Crippen LogP contribution in [0.5, 0.6) is 0 Å². The maximum absolute atomic E-state index is 11.6. The molecule has 0 aromatic heterocycles. The van der Waals surface area contributed by atoms with Gasteiger partial charge in [-0.1, -0.05) is 25.1 Å². The van der Waals surface area contributed by atoms with E-state index in [2.05, 4.69) is 6.58 Å². The molecule has 1 atom stereocenters. The number of hydrogen-bond acceptors (Lipinski definition) is 2. The average Bonchev–Trinajstić information content (AvgIpc) is 2.32. The van der Waals surface area contributed by atoms with E-state index < -0.39 is 10.0 Å². The van der Waals surface area contributed by atoms with Crippen molar-refractivity contribution in [3.05, 3.63) is 11.6 Å². The highest BCUT2D eigenvalue weighted by Crippen LogP contribution is 2.20. The van der Waals surface area contributed by atoms with E-state index >= 15 is 0 Å². The lowest BCUT2D eigenvalue weighted by Crippen LogP contribution is -2.30. The van der Waals surface area contributed by atoms with Crippen LogP contribution in [0.1, 0.15) is 13.3 Å². The van der Waals surface area contributed by atoms with Gasteiger partial charge in [-0.05, 0) is 12.3 Å². The molecule has 5 heteroatoms. The molecule has 1 aliphatic heterocycles. The van der Waals surface area contributed by atoms with Crippen molar-refractivity contribution in [2.24, 2.45) is 5.92 Å². The van der Waals surface area contributed by atoms with Crippen LogP contribution in [0.3, 0.4) is 0 Å². The van der Waals surface area contributed by atoms with E-state index in [-0.39, 0.29) is 10.8 Å². The Hall–Kier alpha value is -0.0600. The molecule has 1 unspecified atom stereocenters. The minimum Gasteiger partial charge on any atom is -0.212 e. The molecule has 0 spiro atoms. The lowest BCUT2D eigenvalue weighted by molar-refractivity contribution is 0.467. The van der Waals surface area contributed by atoms with Gasteiger partial charge in [0.15, 0.2) is 0 Å². The molecule has 0 aromatic carbocycles. The van der Waals surface area contributed by atoms with Crippen molar-refractivity contribution in [2.45, 2.75) is 13.3 Å². The fraction of sp³-hybridized carbons (Fsp3) is 0.750. The van der Waals surface area contributed by atoms with E-state index in [0.717, 1.165) is 6.42 Å². The summed E-state index contributed by atoms with van der Waals surface area (Å²) in [4.78, 5) is 0. The van der Waals surface area contributed by atoms with Gasteiger partial charge < -0.3 is 0 Å². The van der Waals surface area contributed by atoms with Gasteiger partial charge in [0.05, 0.1) is 5.75 Å². The van der Waals surface area contributed by atoms with Crippen LogP contribution in [0.25, 0.3) is 0 Å². The molecule has 1 aliphatic rings. The largest absolute Gasteiger partial charge is 0.219 e. The van der Waals surface area contributed by atoms with Gasteiger partial charge >= 0.3 is 0 Å². The molecule has 0 saturated carbocycles. The second-order valence-electron chi connectivity index (χ2n) is 3.53. The summed E-state index contributed by atoms with van der Waals surface area (Å²) in [5.41, 5.74) is 0. The first-order chi connectivity index (χ1) is 5.92. The summed E-state index contributed by atoms with van der Waals surface area (Å²) < 4.78 is 24.6. The molecule has 0 bridgehead atoms. The quantitative estimate of drug-likeness (QED) is 0.726. The fourth-order valence-electron chi connectivity index (χ4n) is 1.44. The highest BCUT2D eigenvalue weighted by atomic mass is 35.5. The zero-order chi connectivity index (χ0) is 10.1. The summed E-state index contributed by atoms with van der Waals surface area (Å²) >= 11 is 5.48. The highest BCUT2D eigenvalue weighted by molar-refractivity contribution is 7.89. The van der Waals surface area contributed by atoms with Crippen LogP contribution in [0, 0.1) is 5.92 Å². The van der Waals surface area contributed by atoms with Crippen molar-refractivity contribution in [2.75, 3.05) is 18.8 Å². The van der Waals surface area contributed by atoms with Crippen molar-refractivity contribution in [1.82, 2.24) is 4.31 Å². The van der Waals surface area contributed by atoms with E-state index in [9.17, 15) is 8.42 Å². The second kappa shape index (κ2) is 3.98. The van der Waals surface area contributed by atoms with E-state index in [1.807, 2.05) is 6.92 Å².